The van der Waals surface area contributed by atoms with Crippen LogP contribution in [0.4, 0.5) is 0 Å². The molecule has 0 aliphatic carbocycles. The van der Waals surface area contributed by atoms with E-state index in [2.05, 4.69) is 21.5 Å². The molecule has 0 aliphatic rings. The van der Waals surface area contributed by atoms with Gasteiger partial charge in [-0.1, -0.05) is 5.16 Å². The van der Waals surface area contributed by atoms with Gasteiger partial charge in [0.2, 0.25) is 5.89 Å². The quantitative estimate of drug-likeness (QED) is 0.731. The summed E-state index contributed by atoms with van der Waals surface area (Å²) in [6.45, 7) is 7.48. The number of nitrogens with zero attached hydrogens (tertiary/aromatic N) is 3. The molecule has 0 saturated carbocycles. The summed E-state index contributed by atoms with van der Waals surface area (Å²) in [5.41, 5.74) is -0.216. The van der Waals surface area contributed by atoms with Gasteiger partial charge in [-0.15, -0.1) is 0 Å². The van der Waals surface area contributed by atoms with Crippen LogP contribution in [-0.4, -0.2) is 23.2 Å². The van der Waals surface area contributed by atoms with Gasteiger partial charge in [0.05, 0.1) is 11.5 Å². The molecule has 1 aromatic heterocycles. The van der Waals surface area contributed by atoms with Gasteiger partial charge in [-0.3, -0.25) is 0 Å². The second-order valence-electron chi connectivity index (χ2n) is 4.83. The molecule has 0 atom stereocenters. The van der Waals surface area contributed by atoms with Crippen LogP contribution in [0.3, 0.4) is 0 Å². The van der Waals surface area contributed by atoms with Gasteiger partial charge in [0, 0.05) is 19.9 Å². The number of nitriles is 1. The molecule has 1 N–H and O–H groups in total. The first-order valence-corrected chi connectivity index (χ1v) is 5.95. The van der Waals surface area contributed by atoms with Gasteiger partial charge < -0.3 is 9.84 Å². The molecule has 17 heavy (non-hydrogen) atoms. The van der Waals surface area contributed by atoms with Gasteiger partial charge in [0.25, 0.3) is 0 Å². The SMILES string of the molecule is Cc1nc(CCNCCCC(C)(C)C#N)no1. The van der Waals surface area contributed by atoms with E-state index >= 15 is 0 Å². The topological polar surface area (TPSA) is 74.7 Å². The lowest BCUT2D eigenvalue weighted by molar-refractivity contribution is 0.386. The Hall–Kier alpha value is -1.41. The average Bonchev–Trinajstić information content (AvgIpc) is 2.69. The van der Waals surface area contributed by atoms with E-state index in [0.717, 1.165) is 38.2 Å². The van der Waals surface area contributed by atoms with Gasteiger partial charge in [0.15, 0.2) is 5.82 Å². The number of nitrogens with one attached hydrogen (secondary N) is 1. The Morgan fingerprint density at radius 3 is 2.76 bits per heavy atom. The first-order chi connectivity index (χ1) is 8.03. The molecular weight excluding hydrogens is 216 g/mol. The van der Waals surface area contributed by atoms with Crippen LogP contribution in [0, 0.1) is 23.7 Å². The maximum atomic E-state index is 8.85. The summed E-state index contributed by atoms with van der Waals surface area (Å²) in [6.07, 6.45) is 2.70. The van der Waals surface area contributed by atoms with Crippen LogP contribution in [0.15, 0.2) is 4.52 Å². The second-order valence-corrected chi connectivity index (χ2v) is 4.83. The molecular formula is C12H20N4O. The van der Waals surface area contributed by atoms with Crippen molar-refractivity contribution in [3.05, 3.63) is 11.7 Å². The smallest absolute Gasteiger partial charge is 0.223 e. The lowest BCUT2D eigenvalue weighted by Gasteiger charge is -2.14. The summed E-state index contributed by atoms with van der Waals surface area (Å²) in [5, 5.41) is 16.0. The number of aryl methyl sites for hydroxylation is 1. The predicted octanol–water partition coefficient (Wildman–Crippen LogP) is 1.84. The van der Waals surface area contributed by atoms with Gasteiger partial charge in [-0.05, 0) is 33.2 Å². The fourth-order valence-electron chi connectivity index (χ4n) is 1.48. The Labute approximate surface area is 102 Å². The summed E-state index contributed by atoms with van der Waals surface area (Å²) in [4.78, 5) is 4.12. The van der Waals surface area contributed by atoms with Crippen molar-refractivity contribution < 1.29 is 4.52 Å². The summed E-state index contributed by atoms with van der Waals surface area (Å²) in [7, 11) is 0. The van der Waals surface area contributed by atoms with E-state index in [1.807, 2.05) is 13.8 Å². The third-order valence-electron chi connectivity index (χ3n) is 2.55. The summed E-state index contributed by atoms with van der Waals surface area (Å²) in [5.74, 6) is 1.35. The Kier molecular flexibility index (Phi) is 5.11. The maximum absolute atomic E-state index is 8.85. The van der Waals surface area contributed by atoms with Gasteiger partial charge >= 0.3 is 0 Å². The van der Waals surface area contributed by atoms with Crippen LogP contribution in [0.5, 0.6) is 0 Å². The Morgan fingerprint density at radius 1 is 1.41 bits per heavy atom. The fourth-order valence-corrected chi connectivity index (χ4v) is 1.48. The van der Waals surface area contributed by atoms with Crippen LogP contribution in [0.1, 0.15) is 38.4 Å². The molecule has 1 heterocycles. The normalized spacial score (nSPS) is 11.4. The highest BCUT2D eigenvalue weighted by molar-refractivity contribution is 4.91. The largest absolute Gasteiger partial charge is 0.340 e. The van der Waals surface area contributed by atoms with E-state index < -0.39 is 0 Å². The average molecular weight is 236 g/mol. The highest BCUT2D eigenvalue weighted by Gasteiger charge is 2.15. The minimum Gasteiger partial charge on any atom is -0.340 e. The zero-order valence-corrected chi connectivity index (χ0v) is 10.8. The van der Waals surface area contributed by atoms with Crippen molar-refractivity contribution in [3.63, 3.8) is 0 Å². The molecule has 5 nitrogen and oxygen atoms in total. The molecule has 94 valence electrons. The van der Waals surface area contributed by atoms with Crippen molar-refractivity contribution in [2.24, 2.45) is 5.41 Å². The molecule has 5 heteroatoms. The highest BCUT2D eigenvalue weighted by Crippen LogP contribution is 2.19. The van der Waals surface area contributed by atoms with Crippen molar-refractivity contribution >= 4 is 0 Å². The molecule has 0 aromatic carbocycles. The summed E-state index contributed by atoms with van der Waals surface area (Å²) < 4.78 is 4.88. The van der Waals surface area contributed by atoms with Crippen molar-refractivity contribution in [1.29, 1.82) is 5.26 Å². The van der Waals surface area contributed by atoms with Crippen LogP contribution in [0.2, 0.25) is 0 Å². The molecule has 1 aromatic rings. The third-order valence-corrected chi connectivity index (χ3v) is 2.55. The van der Waals surface area contributed by atoms with Crippen LogP contribution >= 0.6 is 0 Å². The highest BCUT2D eigenvalue weighted by atomic mass is 16.5. The standard InChI is InChI=1S/C12H20N4O/c1-10-15-11(16-17-10)5-8-14-7-4-6-12(2,3)9-13/h14H,4-8H2,1-3H3. The predicted molar refractivity (Wildman–Crippen MR) is 64.2 cm³/mol. The Morgan fingerprint density at radius 2 is 2.18 bits per heavy atom. The molecule has 1 rings (SSSR count). The molecule has 0 amide bonds. The molecule has 0 fully saturated rings. The fraction of sp³-hybridized carbons (Fsp3) is 0.750. The van der Waals surface area contributed by atoms with Crippen LogP contribution in [0.25, 0.3) is 0 Å². The van der Waals surface area contributed by atoms with Crippen molar-refractivity contribution in [1.82, 2.24) is 15.5 Å². The molecule has 0 spiro atoms. The maximum Gasteiger partial charge on any atom is 0.223 e. The molecule has 0 saturated heterocycles. The monoisotopic (exact) mass is 236 g/mol. The van der Waals surface area contributed by atoms with Crippen LogP contribution in [-0.2, 0) is 6.42 Å². The number of hydrogen-bond acceptors (Lipinski definition) is 5. The minimum atomic E-state index is -0.216. The molecule has 0 unspecified atom stereocenters. The third kappa shape index (κ3) is 5.45. The zero-order valence-electron chi connectivity index (χ0n) is 10.8. The van der Waals surface area contributed by atoms with Crippen molar-refractivity contribution in [2.75, 3.05) is 13.1 Å². The zero-order chi connectivity index (χ0) is 12.7. The Bertz CT molecular complexity index is 378. The van der Waals surface area contributed by atoms with Crippen LogP contribution < -0.4 is 5.32 Å². The lowest BCUT2D eigenvalue weighted by atomic mass is 9.90. The van der Waals surface area contributed by atoms with Crippen molar-refractivity contribution in [3.8, 4) is 6.07 Å². The lowest BCUT2D eigenvalue weighted by Crippen LogP contribution is -2.20. The Balaban J connectivity index is 2.04. The van der Waals surface area contributed by atoms with Gasteiger partial charge in [0.1, 0.15) is 0 Å². The molecule has 0 aliphatic heterocycles. The van der Waals surface area contributed by atoms with E-state index in [-0.39, 0.29) is 5.41 Å². The van der Waals surface area contributed by atoms with Gasteiger partial charge in [-0.25, -0.2) is 0 Å². The van der Waals surface area contributed by atoms with E-state index in [4.69, 9.17) is 9.78 Å². The van der Waals surface area contributed by atoms with Crippen molar-refractivity contribution in [2.45, 2.75) is 40.0 Å². The number of hydrogen-bond donors (Lipinski definition) is 1. The summed E-state index contributed by atoms with van der Waals surface area (Å²) in [6, 6.07) is 2.30. The minimum absolute atomic E-state index is 0.216. The summed E-state index contributed by atoms with van der Waals surface area (Å²) >= 11 is 0. The molecule has 0 bridgehead atoms. The first kappa shape index (κ1) is 13.7. The number of rotatable bonds is 7. The number of aromatic nitrogens is 2. The van der Waals surface area contributed by atoms with E-state index in [9.17, 15) is 0 Å². The van der Waals surface area contributed by atoms with E-state index in [0.29, 0.717) is 5.89 Å². The van der Waals surface area contributed by atoms with E-state index in [1.165, 1.54) is 0 Å². The molecule has 0 radical (unpaired) electrons. The first-order valence-electron chi connectivity index (χ1n) is 5.95. The second kappa shape index (κ2) is 6.36. The van der Waals surface area contributed by atoms with Gasteiger partial charge in [-0.2, -0.15) is 10.2 Å². The van der Waals surface area contributed by atoms with E-state index in [1.54, 1.807) is 6.92 Å².